The molecule has 18 heavy (non-hydrogen) atoms. The van der Waals surface area contributed by atoms with Crippen LogP contribution in [0.4, 0.5) is 5.82 Å². The molecule has 1 saturated heterocycles. The third-order valence-corrected chi connectivity index (χ3v) is 3.64. The van der Waals surface area contributed by atoms with Crippen LogP contribution < -0.4 is 16.4 Å². The van der Waals surface area contributed by atoms with Crippen molar-refractivity contribution < 1.29 is 4.79 Å². The van der Waals surface area contributed by atoms with Gasteiger partial charge in [-0.1, -0.05) is 6.07 Å². The molecule has 1 fully saturated rings. The summed E-state index contributed by atoms with van der Waals surface area (Å²) >= 11 is 0. The monoisotopic (exact) mass is 248 g/mol. The van der Waals surface area contributed by atoms with E-state index in [-0.39, 0.29) is 11.8 Å². The SMILES string of the molecule is CC1CCC(C(N)=O)CN1c1ncccc1CN. The van der Waals surface area contributed by atoms with Crippen LogP contribution in [0.5, 0.6) is 0 Å². The molecule has 0 radical (unpaired) electrons. The maximum atomic E-state index is 11.3. The van der Waals surface area contributed by atoms with E-state index >= 15 is 0 Å². The molecule has 0 saturated carbocycles. The predicted molar refractivity (Wildman–Crippen MR) is 70.9 cm³/mol. The van der Waals surface area contributed by atoms with Crippen molar-refractivity contribution >= 4 is 11.7 Å². The third kappa shape index (κ3) is 2.46. The Balaban J connectivity index is 2.26. The summed E-state index contributed by atoms with van der Waals surface area (Å²) in [5, 5.41) is 0. The fourth-order valence-electron chi connectivity index (χ4n) is 2.48. The molecule has 1 aromatic heterocycles. The van der Waals surface area contributed by atoms with Crippen molar-refractivity contribution in [3.8, 4) is 0 Å². The smallest absolute Gasteiger partial charge is 0.222 e. The first-order valence-electron chi connectivity index (χ1n) is 6.33. The number of aromatic nitrogens is 1. The van der Waals surface area contributed by atoms with E-state index < -0.39 is 0 Å². The number of carbonyl (C=O) groups is 1. The molecule has 1 aliphatic heterocycles. The molecule has 1 amide bonds. The van der Waals surface area contributed by atoms with Crippen molar-refractivity contribution in [2.45, 2.75) is 32.4 Å². The van der Waals surface area contributed by atoms with Gasteiger partial charge in [0.1, 0.15) is 5.82 Å². The summed E-state index contributed by atoms with van der Waals surface area (Å²) in [6.45, 7) is 3.24. The Bertz CT molecular complexity index is 435. The van der Waals surface area contributed by atoms with Crippen molar-refractivity contribution in [1.29, 1.82) is 0 Å². The van der Waals surface area contributed by atoms with Gasteiger partial charge in [-0.15, -0.1) is 0 Å². The number of rotatable bonds is 3. The minimum absolute atomic E-state index is 0.0890. The second kappa shape index (κ2) is 5.35. The van der Waals surface area contributed by atoms with Crippen LogP contribution >= 0.6 is 0 Å². The highest BCUT2D eigenvalue weighted by Gasteiger charge is 2.30. The third-order valence-electron chi connectivity index (χ3n) is 3.64. The fourth-order valence-corrected chi connectivity index (χ4v) is 2.48. The molecule has 2 rings (SSSR count). The lowest BCUT2D eigenvalue weighted by Crippen LogP contribution is -2.46. The average Bonchev–Trinajstić information content (AvgIpc) is 2.39. The number of hydrogen-bond acceptors (Lipinski definition) is 4. The normalized spacial score (nSPS) is 24.0. The second-order valence-electron chi connectivity index (χ2n) is 4.87. The summed E-state index contributed by atoms with van der Waals surface area (Å²) in [4.78, 5) is 17.9. The van der Waals surface area contributed by atoms with Crippen LogP contribution in [0.2, 0.25) is 0 Å². The summed E-state index contributed by atoms with van der Waals surface area (Å²) in [6, 6.07) is 4.22. The number of primary amides is 1. The molecule has 0 aliphatic carbocycles. The Morgan fingerprint density at radius 3 is 3.00 bits per heavy atom. The lowest BCUT2D eigenvalue weighted by atomic mass is 9.92. The molecular formula is C13H20N4O. The van der Waals surface area contributed by atoms with Gasteiger partial charge in [-0.2, -0.15) is 0 Å². The van der Waals surface area contributed by atoms with Crippen LogP contribution in [-0.2, 0) is 11.3 Å². The van der Waals surface area contributed by atoms with Crippen LogP contribution in [0.25, 0.3) is 0 Å². The van der Waals surface area contributed by atoms with Gasteiger partial charge < -0.3 is 16.4 Å². The van der Waals surface area contributed by atoms with Gasteiger partial charge in [-0.3, -0.25) is 4.79 Å². The van der Waals surface area contributed by atoms with Crippen LogP contribution in [0, 0.1) is 5.92 Å². The Labute approximate surface area is 107 Å². The van der Waals surface area contributed by atoms with Gasteiger partial charge in [0, 0.05) is 30.9 Å². The van der Waals surface area contributed by atoms with Gasteiger partial charge in [0.2, 0.25) is 5.91 Å². The number of pyridine rings is 1. The molecule has 5 heteroatoms. The minimum atomic E-state index is -0.225. The molecule has 0 aromatic carbocycles. The van der Waals surface area contributed by atoms with E-state index in [1.807, 2.05) is 12.1 Å². The molecule has 0 spiro atoms. The minimum Gasteiger partial charge on any atom is -0.369 e. The number of carbonyl (C=O) groups excluding carboxylic acids is 1. The van der Waals surface area contributed by atoms with E-state index in [9.17, 15) is 4.79 Å². The number of anilines is 1. The Kier molecular flexibility index (Phi) is 3.81. The van der Waals surface area contributed by atoms with Crippen molar-refractivity contribution in [2.75, 3.05) is 11.4 Å². The molecule has 2 heterocycles. The number of hydrogen-bond donors (Lipinski definition) is 2. The first kappa shape index (κ1) is 12.8. The quantitative estimate of drug-likeness (QED) is 0.821. The highest BCUT2D eigenvalue weighted by atomic mass is 16.1. The van der Waals surface area contributed by atoms with Crippen LogP contribution in [0.15, 0.2) is 18.3 Å². The van der Waals surface area contributed by atoms with Crippen molar-refractivity contribution in [1.82, 2.24) is 4.98 Å². The van der Waals surface area contributed by atoms with Gasteiger partial charge >= 0.3 is 0 Å². The van der Waals surface area contributed by atoms with Crippen LogP contribution in [0.3, 0.4) is 0 Å². The fraction of sp³-hybridized carbons (Fsp3) is 0.538. The second-order valence-corrected chi connectivity index (χ2v) is 4.87. The maximum Gasteiger partial charge on any atom is 0.222 e. The van der Waals surface area contributed by atoms with Gasteiger partial charge in [0.05, 0.1) is 5.92 Å². The largest absolute Gasteiger partial charge is 0.369 e. The topological polar surface area (TPSA) is 85.2 Å². The molecule has 0 bridgehead atoms. The summed E-state index contributed by atoms with van der Waals surface area (Å²) in [5.74, 6) is 0.574. The van der Waals surface area contributed by atoms with Crippen molar-refractivity contribution in [3.63, 3.8) is 0 Å². The first-order chi connectivity index (χ1) is 8.63. The van der Waals surface area contributed by atoms with Gasteiger partial charge in [0.25, 0.3) is 0 Å². The maximum absolute atomic E-state index is 11.3. The zero-order chi connectivity index (χ0) is 13.1. The van der Waals surface area contributed by atoms with Gasteiger partial charge in [-0.05, 0) is 25.8 Å². The first-order valence-corrected chi connectivity index (χ1v) is 6.33. The number of amides is 1. The molecular weight excluding hydrogens is 228 g/mol. The number of nitrogens with zero attached hydrogens (tertiary/aromatic N) is 2. The van der Waals surface area contributed by atoms with Crippen molar-refractivity contribution in [3.05, 3.63) is 23.9 Å². The van der Waals surface area contributed by atoms with Crippen LogP contribution in [0.1, 0.15) is 25.3 Å². The van der Waals surface area contributed by atoms with E-state index in [0.29, 0.717) is 19.1 Å². The van der Waals surface area contributed by atoms with Crippen molar-refractivity contribution in [2.24, 2.45) is 17.4 Å². The summed E-state index contributed by atoms with van der Waals surface area (Å²) in [6.07, 6.45) is 3.57. The predicted octanol–water partition coefficient (Wildman–Crippen LogP) is 0.630. The summed E-state index contributed by atoms with van der Waals surface area (Å²) in [5.41, 5.74) is 12.2. The molecule has 2 unspecified atom stereocenters. The number of nitrogens with two attached hydrogens (primary N) is 2. The molecule has 98 valence electrons. The summed E-state index contributed by atoms with van der Waals surface area (Å²) < 4.78 is 0. The van der Waals surface area contributed by atoms with Crippen LogP contribution in [-0.4, -0.2) is 23.5 Å². The highest BCUT2D eigenvalue weighted by Crippen LogP contribution is 2.28. The van der Waals surface area contributed by atoms with E-state index in [1.54, 1.807) is 6.20 Å². The molecule has 1 aromatic rings. The molecule has 2 atom stereocenters. The zero-order valence-electron chi connectivity index (χ0n) is 10.7. The van der Waals surface area contributed by atoms with Gasteiger partial charge in [0.15, 0.2) is 0 Å². The Morgan fingerprint density at radius 2 is 2.33 bits per heavy atom. The van der Waals surface area contributed by atoms with E-state index in [1.165, 1.54) is 0 Å². The average molecular weight is 248 g/mol. The van der Waals surface area contributed by atoms with E-state index in [0.717, 1.165) is 24.2 Å². The van der Waals surface area contributed by atoms with E-state index in [2.05, 4.69) is 16.8 Å². The lowest BCUT2D eigenvalue weighted by Gasteiger charge is -2.38. The zero-order valence-corrected chi connectivity index (χ0v) is 10.7. The molecule has 1 aliphatic rings. The number of piperidine rings is 1. The Morgan fingerprint density at radius 1 is 1.56 bits per heavy atom. The standard InChI is InChI=1S/C13H20N4O/c1-9-4-5-11(12(15)18)8-17(9)13-10(7-14)3-2-6-16-13/h2-3,6,9,11H,4-5,7-8,14H2,1H3,(H2,15,18). The van der Waals surface area contributed by atoms with Gasteiger partial charge in [-0.25, -0.2) is 4.98 Å². The molecule has 5 nitrogen and oxygen atoms in total. The van der Waals surface area contributed by atoms with E-state index in [4.69, 9.17) is 11.5 Å². The molecule has 4 N–H and O–H groups in total. The highest BCUT2D eigenvalue weighted by molar-refractivity contribution is 5.77. The Hall–Kier alpha value is -1.62. The summed E-state index contributed by atoms with van der Waals surface area (Å²) in [7, 11) is 0. The lowest BCUT2D eigenvalue weighted by molar-refractivity contribution is -0.122.